The molecule has 0 aromatic heterocycles. The Morgan fingerprint density at radius 2 is 2.14 bits per heavy atom. The van der Waals surface area contributed by atoms with E-state index in [1.807, 2.05) is 12.1 Å². The molecule has 0 saturated carbocycles. The topological polar surface area (TPSA) is 70.1 Å². The second-order valence-electron chi connectivity index (χ2n) is 2.73. The van der Waals surface area contributed by atoms with Gasteiger partial charge in [-0.25, -0.2) is 0 Å². The minimum absolute atomic E-state index is 0.0129. The Labute approximate surface area is 83.1 Å². The first-order chi connectivity index (χ1) is 6.75. The second kappa shape index (κ2) is 5.05. The van der Waals surface area contributed by atoms with E-state index >= 15 is 0 Å². The molecule has 4 N–H and O–H groups in total. The molecule has 0 aliphatic carbocycles. The van der Waals surface area contributed by atoms with Crippen molar-refractivity contribution >= 4 is 5.84 Å². The molecule has 1 aromatic carbocycles. The van der Waals surface area contributed by atoms with Crippen molar-refractivity contribution in [2.45, 2.75) is 6.42 Å². The van der Waals surface area contributed by atoms with E-state index in [2.05, 4.69) is 11.8 Å². The van der Waals surface area contributed by atoms with Gasteiger partial charge in [-0.15, -0.1) is 0 Å². The highest BCUT2D eigenvalue weighted by Gasteiger charge is 2.00. The van der Waals surface area contributed by atoms with Gasteiger partial charge in [-0.3, -0.25) is 5.41 Å². The van der Waals surface area contributed by atoms with Gasteiger partial charge in [-0.05, 0) is 6.07 Å². The van der Waals surface area contributed by atoms with E-state index in [1.165, 1.54) is 0 Å². The molecule has 0 spiro atoms. The highest BCUT2D eigenvalue weighted by molar-refractivity contribution is 5.97. The lowest BCUT2D eigenvalue weighted by Crippen LogP contribution is -2.12. The summed E-state index contributed by atoms with van der Waals surface area (Å²) in [7, 11) is 0. The molecule has 0 aliphatic heterocycles. The maximum atomic E-state index is 8.55. The number of hydrogen-bond acceptors (Lipinski definition) is 2. The maximum Gasteiger partial charge on any atom is 0.124 e. The van der Waals surface area contributed by atoms with Gasteiger partial charge >= 0.3 is 0 Å². The predicted molar refractivity (Wildman–Crippen MR) is 56.0 cm³/mol. The van der Waals surface area contributed by atoms with E-state index in [0.717, 1.165) is 5.56 Å². The quantitative estimate of drug-likeness (QED) is 0.363. The van der Waals surface area contributed by atoms with Crippen LogP contribution in [0.4, 0.5) is 0 Å². The molecule has 0 unspecified atom stereocenters. The SMILES string of the molecule is N=C(N)c1ccccc1C#CCCO. The summed E-state index contributed by atoms with van der Waals surface area (Å²) in [5.41, 5.74) is 6.75. The fourth-order valence-electron chi connectivity index (χ4n) is 1.04. The van der Waals surface area contributed by atoms with Crippen molar-refractivity contribution in [3.8, 4) is 11.8 Å². The fraction of sp³-hybridized carbons (Fsp3) is 0.182. The number of nitrogens with two attached hydrogens (primary N) is 1. The second-order valence-corrected chi connectivity index (χ2v) is 2.73. The van der Waals surface area contributed by atoms with Crippen molar-refractivity contribution in [2.75, 3.05) is 6.61 Å². The number of aliphatic hydroxyl groups excluding tert-OH is 1. The van der Waals surface area contributed by atoms with E-state index in [1.54, 1.807) is 12.1 Å². The molecule has 1 aromatic rings. The zero-order valence-corrected chi connectivity index (χ0v) is 7.75. The molecule has 0 amide bonds. The average molecular weight is 188 g/mol. The van der Waals surface area contributed by atoms with Gasteiger partial charge in [0.2, 0.25) is 0 Å². The van der Waals surface area contributed by atoms with Crippen LogP contribution in [-0.2, 0) is 0 Å². The zero-order valence-electron chi connectivity index (χ0n) is 7.75. The van der Waals surface area contributed by atoms with Crippen LogP contribution < -0.4 is 5.73 Å². The van der Waals surface area contributed by atoms with Crippen LogP contribution in [-0.4, -0.2) is 17.5 Å². The standard InChI is InChI=1S/C11H12N2O/c12-11(13)10-7-2-1-5-9(10)6-3-4-8-14/h1-2,5,7,14H,4,8H2,(H3,12,13). The van der Waals surface area contributed by atoms with Crippen molar-refractivity contribution in [3.05, 3.63) is 35.4 Å². The first-order valence-electron chi connectivity index (χ1n) is 4.29. The smallest absolute Gasteiger partial charge is 0.124 e. The van der Waals surface area contributed by atoms with E-state index in [9.17, 15) is 0 Å². The van der Waals surface area contributed by atoms with Crippen LogP contribution in [0, 0.1) is 17.3 Å². The Bertz CT molecular complexity index is 388. The van der Waals surface area contributed by atoms with Gasteiger partial charge in [0.05, 0.1) is 6.61 Å². The molecule has 0 saturated heterocycles. The first kappa shape index (κ1) is 10.3. The molecule has 72 valence electrons. The Balaban J connectivity index is 2.97. The lowest BCUT2D eigenvalue weighted by Gasteiger charge is -2.00. The molecule has 0 heterocycles. The number of aliphatic hydroxyl groups is 1. The van der Waals surface area contributed by atoms with Gasteiger partial charge in [-0.1, -0.05) is 30.0 Å². The monoisotopic (exact) mass is 188 g/mol. The highest BCUT2D eigenvalue weighted by atomic mass is 16.2. The molecule has 0 radical (unpaired) electrons. The van der Waals surface area contributed by atoms with E-state index < -0.39 is 0 Å². The van der Waals surface area contributed by atoms with E-state index in [-0.39, 0.29) is 12.4 Å². The number of rotatable bonds is 2. The summed E-state index contributed by atoms with van der Waals surface area (Å²) >= 11 is 0. The maximum absolute atomic E-state index is 8.55. The molecule has 0 bridgehead atoms. The van der Waals surface area contributed by atoms with Gasteiger partial charge in [-0.2, -0.15) is 0 Å². The van der Waals surface area contributed by atoms with E-state index in [4.69, 9.17) is 16.2 Å². The fourth-order valence-corrected chi connectivity index (χ4v) is 1.04. The van der Waals surface area contributed by atoms with Crippen LogP contribution >= 0.6 is 0 Å². The van der Waals surface area contributed by atoms with Crippen molar-refractivity contribution in [1.29, 1.82) is 5.41 Å². The van der Waals surface area contributed by atoms with Gasteiger partial charge in [0.15, 0.2) is 0 Å². The Kier molecular flexibility index (Phi) is 3.71. The summed E-state index contributed by atoms with van der Waals surface area (Å²) in [5.74, 6) is 5.67. The van der Waals surface area contributed by atoms with Crippen LogP contribution in [0.15, 0.2) is 24.3 Å². The minimum Gasteiger partial charge on any atom is -0.395 e. The molecule has 1 rings (SSSR count). The molecule has 0 fully saturated rings. The predicted octanol–water partition coefficient (Wildman–Crippen LogP) is 0.705. The van der Waals surface area contributed by atoms with Crippen molar-refractivity contribution in [1.82, 2.24) is 0 Å². The molecule has 3 heteroatoms. The molecule has 0 atom stereocenters. The number of benzene rings is 1. The number of amidine groups is 1. The third-order valence-corrected chi connectivity index (χ3v) is 1.68. The molecular weight excluding hydrogens is 176 g/mol. The zero-order chi connectivity index (χ0) is 10.4. The summed E-state index contributed by atoms with van der Waals surface area (Å²) in [6.07, 6.45) is 0.437. The molecule has 3 nitrogen and oxygen atoms in total. The van der Waals surface area contributed by atoms with Crippen LogP contribution in [0.2, 0.25) is 0 Å². The van der Waals surface area contributed by atoms with Gasteiger partial charge in [0.25, 0.3) is 0 Å². The third kappa shape index (κ3) is 2.61. The number of hydrogen-bond donors (Lipinski definition) is 3. The van der Waals surface area contributed by atoms with Crippen molar-refractivity contribution in [2.24, 2.45) is 5.73 Å². The molecule has 0 aliphatic rings. The largest absolute Gasteiger partial charge is 0.395 e. The summed E-state index contributed by atoms with van der Waals surface area (Å²) in [6, 6.07) is 7.22. The molecular formula is C11H12N2O. The first-order valence-corrected chi connectivity index (χ1v) is 4.29. The van der Waals surface area contributed by atoms with Crippen molar-refractivity contribution in [3.63, 3.8) is 0 Å². The van der Waals surface area contributed by atoms with E-state index in [0.29, 0.717) is 12.0 Å². The summed E-state index contributed by atoms with van der Waals surface area (Å²) in [6.45, 7) is 0.0508. The summed E-state index contributed by atoms with van der Waals surface area (Å²) in [5, 5.41) is 15.9. The average Bonchev–Trinajstić information content (AvgIpc) is 2.19. The Hall–Kier alpha value is -1.79. The van der Waals surface area contributed by atoms with Crippen LogP contribution in [0.25, 0.3) is 0 Å². The number of nitrogen functional groups attached to an aromatic ring is 1. The van der Waals surface area contributed by atoms with Gasteiger partial charge in [0, 0.05) is 17.5 Å². The van der Waals surface area contributed by atoms with Crippen LogP contribution in [0.3, 0.4) is 0 Å². The lowest BCUT2D eigenvalue weighted by molar-refractivity contribution is 0.305. The van der Waals surface area contributed by atoms with Gasteiger partial charge in [0.1, 0.15) is 5.84 Å². The summed E-state index contributed by atoms with van der Waals surface area (Å²) in [4.78, 5) is 0. The highest BCUT2D eigenvalue weighted by Crippen LogP contribution is 2.05. The normalized spacial score (nSPS) is 8.93. The lowest BCUT2D eigenvalue weighted by atomic mass is 10.1. The third-order valence-electron chi connectivity index (χ3n) is 1.68. The molecule has 14 heavy (non-hydrogen) atoms. The van der Waals surface area contributed by atoms with Crippen molar-refractivity contribution < 1.29 is 5.11 Å². The minimum atomic E-state index is 0.0129. The van der Waals surface area contributed by atoms with Crippen LogP contribution in [0.5, 0.6) is 0 Å². The number of nitrogens with one attached hydrogen (secondary N) is 1. The van der Waals surface area contributed by atoms with Gasteiger partial charge < -0.3 is 10.8 Å². The summed E-state index contributed by atoms with van der Waals surface area (Å²) < 4.78 is 0. The Morgan fingerprint density at radius 3 is 2.79 bits per heavy atom. The van der Waals surface area contributed by atoms with Crippen LogP contribution in [0.1, 0.15) is 17.5 Å². The Morgan fingerprint density at radius 1 is 1.43 bits per heavy atom.